The highest BCUT2D eigenvalue weighted by Gasteiger charge is 2.83. The first-order valence-corrected chi connectivity index (χ1v) is 12.5. The molecule has 9 atom stereocenters. The van der Waals surface area contributed by atoms with Crippen LogP contribution in [-0.2, 0) is 19.1 Å². The molecule has 4 aliphatic rings. The first-order valence-electron chi connectivity index (χ1n) is 10.9. The zero-order chi connectivity index (χ0) is 24.8. The number of allylic oxidation sites excluding steroid dienone is 4. The highest BCUT2D eigenvalue weighted by atomic mass is 79.9. The summed E-state index contributed by atoms with van der Waals surface area (Å²) in [4.78, 5) is 36.4. The van der Waals surface area contributed by atoms with Crippen LogP contribution in [-0.4, -0.2) is 77.1 Å². The number of carbonyl (C=O) groups is 3. The smallest absolute Gasteiger partial charge is 0.303 e. The molecule has 0 aliphatic heterocycles. The van der Waals surface area contributed by atoms with Crippen LogP contribution in [0.5, 0.6) is 0 Å². The third-order valence-corrected chi connectivity index (χ3v) is 12.6. The van der Waals surface area contributed by atoms with E-state index in [0.717, 1.165) is 12.5 Å². The van der Waals surface area contributed by atoms with E-state index in [1.807, 2.05) is 6.92 Å². The molecule has 4 N–H and O–H groups in total. The average Bonchev–Trinajstić information content (AvgIpc) is 2.85. The van der Waals surface area contributed by atoms with Gasteiger partial charge >= 0.3 is 5.97 Å². The molecule has 8 nitrogen and oxygen atoms in total. The molecule has 0 spiro atoms. The third-order valence-electron chi connectivity index (χ3n) is 8.84. The number of ether oxygens (including phenoxy) is 1. The van der Waals surface area contributed by atoms with Crippen LogP contribution in [0, 0.1) is 16.7 Å². The monoisotopic (exact) mass is 590 g/mol. The van der Waals surface area contributed by atoms with Crippen LogP contribution < -0.4 is 0 Å². The Morgan fingerprint density at radius 2 is 1.79 bits per heavy atom. The Morgan fingerprint density at radius 1 is 1.15 bits per heavy atom. The van der Waals surface area contributed by atoms with Crippen molar-refractivity contribution in [2.75, 3.05) is 6.61 Å². The predicted molar refractivity (Wildman–Crippen MR) is 124 cm³/mol. The van der Waals surface area contributed by atoms with Crippen molar-refractivity contribution in [3.8, 4) is 0 Å². The zero-order valence-electron chi connectivity index (χ0n) is 18.5. The Morgan fingerprint density at radius 3 is 2.39 bits per heavy atom. The van der Waals surface area contributed by atoms with Crippen LogP contribution in [0.1, 0.15) is 40.0 Å². The summed E-state index contributed by atoms with van der Waals surface area (Å²) in [5, 5.41) is 45.6. The maximum atomic E-state index is 13.1. The van der Waals surface area contributed by atoms with E-state index in [1.54, 1.807) is 19.1 Å². The molecule has 3 fully saturated rings. The summed E-state index contributed by atoms with van der Waals surface area (Å²) >= 11 is 7.50. The van der Waals surface area contributed by atoms with E-state index in [0.29, 0.717) is 12.8 Å². The number of hydrogen-bond donors (Lipinski definition) is 4. The summed E-state index contributed by atoms with van der Waals surface area (Å²) < 4.78 is 2.33. The number of halogens is 2. The van der Waals surface area contributed by atoms with Gasteiger partial charge in [0.05, 0.1) is 20.9 Å². The first-order chi connectivity index (χ1) is 15.1. The molecule has 0 aromatic carbocycles. The molecule has 0 heterocycles. The van der Waals surface area contributed by atoms with Crippen molar-refractivity contribution in [2.24, 2.45) is 16.7 Å². The van der Waals surface area contributed by atoms with Gasteiger partial charge in [0.15, 0.2) is 18.0 Å². The van der Waals surface area contributed by atoms with Gasteiger partial charge in [-0.05, 0) is 37.3 Å². The summed E-state index contributed by atoms with van der Waals surface area (Å²) in [7, 11) is 0. The lowest BCUT2D eigenvalue weighted by Gasteiger charge is -2.67. The van der Waals surface area contributed by atoms with Gasteiger partial charge in [-0.15, -0.1) is 0 Å². The summed E-state index contributed by atoms with van der Waals surface area (Å²) in [6.07, 6.45) is 0.911. The number of ketones is 2. The molecule has 0 aromatic rings. The topological polar surface area (TPSA) is 141 Å². The fourth-order valence-corrected chi connectivity index (χ4v) is 9.74. The third kappa shape index (κ3) is 2.79. The van der Waals surface area contributed by atoms with Crippen molar-refractivity contribution >= 4 is 49.4 Å². The largest absolute Gasteiger partial charge is 0.458 e. The second-order valence-electron chi connectivity index (χ2n) is 10.1. The Kier molecular flexibility index (Phi) is 5.76. The van der Waals surface area contributed by atoms with Crippen LogP contribution in [0.25, 0.3) is 0 Å². The molecule has 33 heavy (non-hydrogen) atoms. The molecule has 3 saturated carbocycles. The highest BCUT2D eigenvalue weighted by molar-refractivity contribution is 9.10. The van der Waals surface area contributed by atoms with Gasteiger partial charge in [-0.1, -0.05) is 57.4 Å². The van der Waals surface area contributed by atoms with E-state index in [9.17, 15) is 34.8 Å². The van der Waals surface area contributed by atoms with E-state index >= 15 is 0 Å². The number of hydrogen-bond acceptors (Lipinski definition) is 8. The lowest BCUT2D eigenvalue weighted by atomic mass is 9.45. The van der Waals surface area contributed by atoms with Crippen molar-refractivity contribution in [3.05, 3.63) is 23.8 Å². The van der Waals surface area contributed by atoms with Crippen LogP contribution in [0.4, 0.5) is 0 Å². The SMILES string of the molecule is CC(=O)OCC(=O)[C@@]1(O)[C@H](O)C(O)C2(Br)C3CCC4=CC(=O)C=C[C@]4(C)[C@@]3(Br)[C@@H](O)C[C@@]21C. The van der Waals surface area contributed by atoms with Gasteiger partial charge in [-0.3, -0.25) is 14.4 Å². The molecule has 0 amide bonds. The average molecular weight is 592 g/mol. The lowest BCUT2D eigenvalue weighted by Crippen LogP contribution is -2.74. The fourth-order valence-electron chi connectivity index (χ4n) is 6.99. The Balaban J connectivity index is 1.87. The maximum Gasteiger partial charge on any atom is 0.303 e. The second-order valence-corrected chi connectivity index (χ2v) is 12.8. The molecule has 0 radical (unpaired) electrons. The number of Topliss-reactive ketones (excluding diaryl/α,β-unsaturated/α-hetero) is 1. The molecule has 4 rings (SSSR count). The Hall–Kier alpha value is -0.910. The number of fused-ring (bicyclic) bond motifs is 5. The molecule has 0 bridgehead atoms. The van der Waals surface area contributed by atoms with Crippen LogP contribution in [0.15, 0.2) is 23.8 Å². The molecular formula is C23H28Br2O8. The van der Waals surface area contributed by atoms with Crippen molar-refractivity contribution in [2.45, 2.75) is 72.6 Å². The number of alkyl halides is 2. The summed E-state index contributed by atoms with van der Waals surface area (Å²) in [5.74, 6) is -2.38. The Bertz CT molecular complexity index is 995. The van der Waals surface area contributed by atoms with E-state index in [4.69, 9.17) is 4.74 Å². The van der Waals surface area contributed by atoms with Crippen molar-refractivity contribution in [1.82, 2.24) is 0 Å². The number of aliphatic hydroxyl groups is 4. The number of carbonyl (C=O) groups excluding carboxylic acids is 3. The molecule has 182 valence electrons. The van der Waals surface area contributed by atoms with Gasteiger partial charge in [0.25, 0.3) is 0 Å². The van der Waals surface area contributed by atoms with Gasteiger partial charge in [0.2, 0.25) is 5.78 Å². The number of esters is 1. The van der Waals surface area contributed by atoms with Crippen LogP contribution >= 0.6 is 31.9 Å². The molecule has 10 heteroatoms. The summed E-state index contributed by atoms with van der Waals surface area (Å²) in [5.41, 5.74) is -3.96. The minimum Gasteiger partial charge on any atom is -0.458 e. The predicted octanol–water partition coefficient (Wildman–Crippen LogP) is 1.11. The van der Waals surface area contributed by atoms with Gasteiger partial charge in [-0.2, -0.15) is 0 Å². The van der Waals surface area contributed by atoms with Crippen molar-refractivity contribution in [1.29, 1.82) is 0 Å². The fraction of sp³-hybridized carbons (Fsp3) is 0.696. The van der Waals surface area contributed by atoms with Crippen molar-refractivity contribution in [3.63, 3.8) is 0 Å². The molecule has 0 aromatic heterocycles. The molecule has 3 unspecified atom stereocenters. The van der Waals surface area contributed by atoms with E-state index < -0.39 is 67.7 Å². The van der Waals surface area contributed by atoms with Gasteiger partial charge in [-0.25, -0.2) is 0 Å². The summed E-state index contributed by atoms with van der Waals surface area (Å²) in [6, 6.07) is 0. The highest BCUT2D eigenvalue weighted by Crippen LogP contribution is 2.74. The summed E-state index contributed by atoms with van der Waals surface area (Å²) in [6.45, 7) is 3.80. The van der Waals surface area contributed by atoms with Crippen molar-refractivity contribution < 1.29 is 39.5 Å². The maximum absolute atomic E-state index is 13.1. The number of aliphatic hydroxyl groups excluding tert-OH is 3. The van der Waals surface area contributed by atoms with E-state index in [1.165, 1.54) is 6.08 Å². The van der Waals surface area contributed by atoms with Crippen LogP contribution in [0.3, 0.4) is 0 Å². The minimum absolute atomic E-state index is 0.137. The van der Waals surface area contributed by atoms with E-state index in [2.05, 4.69) is 31.9 Å². The number of rotatable bonds is 3. The lowest BCUT2D eigenvalue weighted by molar-refractivity contribution is -0.184. The van der Waals surface area contributed by atoms with Crippen LogP contribution in [0.2, 0.25) is 0 Å². The molecular weight excluding hydrogens is 564 g/mol. The molecule has 0 saturated heterocycles. The Labute approximate surface area is 208 Å². The van der Waals surface area contributed by atoms with Gasteiger partial charge in [0.1, 0.15) is 6.10 Å². The normalized spacial score (nSPS) is 50.7. The second kappa shape index (κ2) is 7.54. The standard InChI is InChI=1S/C23H28Br2O8/c1-11(26)33-10-16(29)23(32)18(31)17(30)22(25)14-5-4-12-8-13(27)6-7-19(12,2)21(14,24)15(28)9-20(22,23)3/h6-8,14-15,17-18,28,30-32H,4-5,9-10H2,1-3H3/t14?,15-,17?,18+,19-,20-,21-,22?,23+/m0/s1. The minimum atomic E-state index is -2.49. The first kappa shape index (κ1) is 25.2. The van der Waals surface area contributed by atoms with E-state index in [-0.39, 0.29) is 12.2 Å². The quantitative estimate of drug-likeness (QED) is 0.282. The molecule has 4 aliphatic carbocycles. The van der Waals surface area contributed by atoms with Gasteiger partial charge in [0, 0.05) is 17.8 Å². The zero-order valence-corrected chi connectivity index (χ0v) is 21.7. The van der Waals surface area contributed by atoms with Gasteiger partial charge < -0.3 is 25.2 Å².